The van der Waals surface area contributed by atoms with Crippen LogP contribution in [0.15, 0.2) is 36.4 Å². The van der Waals surface area contributed by atoms with Crippen LogP contribution >= 0.6 is 0 Å². The first-order chi connectivity index (χ1) is 13.9. The van der Waals surface area contributed by atoms with Crippen LogP contribution in [0.4, 0.5) is 0 Å². The molecule has 4 nitrogen and oxygen atoms in total. The van der Waals surface area contributed by atoms with Crippen molar-refractivity contribution in [2.75, 3.05) is 19.6 Å². The number of carbonyl (C=O) groups is 2. The molecule has 4 rings (SSSR count). The molecule has 0 bridgehead atoms. The number of fused-ring (bicyclic) bond motifs is 3. The van der Waals surface area contributed by atoms with E-state index in [2.05, 4.69) is 28.5 Å². The number of likely N-dealkylation sites (tertiary alicyclic amines) is 1. The zero-order valence-electron chi connectivity index (χ0n) is 17.7. The van der Waals surface area contributed by atoms with E-state index >= 15 is 0 Å². The number of rotatable bonds is 6. The molecule has 1 fully saturated rings. The highest BCUT2D eigenvalue weighted by Crippen LogP contribution is 2.31. The predicted molar refractivity (Wildman–Crippen MR) is 119 cm³/mol. The number of aryl methyl sites for hydroxylation is 1. The van der Waals surface area contributed by atoms with Crippen LogP contribution in [0, 0.1) is 5.92 Å². The van der Waals surface area contributed by atoms with Crippen molar-refractivity contribution in [3.05, 3.63) is 47.5 Å². The Morgan fingerprint density at radius 3 is 1.86 bits per heavy atom. The number of piperidine rings is 1. The Hall–Kier alpha value is -2.46. The lowest BCUT2D eigenvalue weighted by atomic mass is 9.99. The number of ketones is 2. The summed E-state index contributed by atoms with van der Waals surface area (Å²) in [5, 5.41) is 2.12. The van der Waals surface area contributed by atoms with Gasteiger partial charge in [-0.3, -0.25) is 9.59 Å². The summed E-state index contributed by atoms with van der Waals surface area (Å²) < 4.78 is 2.35. The number of carbonyl (C=O) groups excluding carboxylic acids is 2. The van der Waals surface area contributed by atoms with Crippen molar-refractivity contribution in [3.8, 4) is 0 Å². The smallest absolute Gasteiger partial charge is 0.159 e. The quantitative estimate of drug-likeness (QED) is 0.535. The molecule has 0 unspecified atom stereocenters. The molecule has 1 aromatic heterocycles. The third kappa shape index (κ3) is 3.99. The van der Waals surface area contributed by atoms with Crippen LogP contribution in [0.25, 0.3) is 21.8 Å². The molecule has 1 aliphatic rings. The van der Waals surface area contributed by atoms with Gasteiger partial charge in [0.15, 0.2) is 11.6 Å². The van der Waals surface area contributed by atoms with E-state index in [0.29, 0.717) is 11.1 Å². The van der Waals surface area contributed by atoms with Gasteiger partial charge >= 0.3 is 0 Å². The average Bonchev–Trinajstić information content (AvgIpc) is 3.02. The summed E-state index contributed by atoms with van der Waals surface area (Å²) in [6, 6.07) is 11.9. The Balaban J connectivity index is 1.68. The Morgan fingerprint density at radius 1 is 0.862 bits per heavy atom. The maximum absolute atomic E-state index is 11.9. The second kappa shape index (κ2) is 8.11. The molecule has 29 heavy (non-hydrogen) atoms. The molecule has 2 heterocycles. The summed E-state index contributed by atoms with van der Waals surface area (Å²) in [6.07, 6.45) is 3.70. The molecular weight excluding hydrogens is 360 g/mol. The van der Waals surface area contributed by atoms with E-state index in [0.717, 1.165) is 47.2 Å². The molecule has 4 heteroatoms. The fourth-order valence-corrected chi connectivity index (χ4v) is 4.52. The highest BCUT2D eigenvalue weighted by atomic mass is 16.1. The van der Waals surface area contributed by atoms with E-state index in [1.807, 2.05) is 24.3 Å². The summed E-state index contributed by atoms with van der Waals surface area (Å²) in [5.74, 6) is 0.985. The SMILES string of the molecule is CC(=O)c1ccc2c(c1)c1cc(C(C)=O)ccc1n2CCCN1CCC(C)CC1. The molecule has 1 aliphatic heterocycles. The standard InChI is InChI=1S/C25H30N2O2/c1-17-9-13-26(14-10-17)11-4-12-27-24-7-5-20(18(2)28)15-22(24)23-16-21(19(3)29)6-8-25(23)27/h5-8,15-17H,4,9-14H2,1-3H3. The number of Topliss-reactive ketones (excluding diaryl/α,β-unsaturated/α-hetero) is 2. The molecule has 0 aliphatic carbocycles. The lowest BCUT2D eigenvalue weighted by molar-refractivity contribution is 0.100. The van der Waals surface area contributed by atoms with Gasteiger partial charge in [-0.25, -0.2) is 0 Å². The topological polar surface area (TPSA) is 42.3 Å². The van der Waals surface area contributed by atoms with E-state index in [-0.39, 0.29) is 11.6 Å². The van der Waals surface area contributed by atoms with Crippen molar-refractivity contribution in [3.63, 3.8) is 0 Å². The van der Waals surface area contributed by atoms with Crippen molar-refractivity contribution in [2.24, 2.45) is 5.92 Å². The molecule has 0 radical (unpaired) electrons. The van der Waals surface area contributed by atoms with Crippen LogP contribution in [0.5, 0.6) is 0 Å². The first-order valence-electron chi connectivity index (χ1n) is 10.7. The second-order valence-electron chi connectivity index (χ2n) is 8.61. The van der Waals surface area contributed by atoms with Crippen molar-refractivity contribution in [1.29, 1.82) is 0 Å². The normalized spacial score (nSPS) is 16.0. The molecule has 2 aromatic carbocycles. The maximum Gasteiger partial charge on any atom is 0.159 e. The third-order valence-electron chi connectivity index (χ3n) is 6.41. The predicted octanol–water partition coefficient (Wildman–Crippen LogP) is 5.32. The van der Waals surface area contributed by atoms with E-state index in [1.165, 1.54) is 25.9 Å². The van der Waals surface area contributed by atoms with Gasteiger partial charge in [0.2, 0.25) is 0 Å². The van der Waals surface area contributed by atoms with Gasteiger partial charge in [0.05, 0.1) is 0 Å². The van der Waals surface area contributed by atoms with Crippen LogP contribution in [0.2, 0.25) is 0 Å². The number of hydrogen-bond donors (Lipinski definition) is 0. The van der Waals surface area contributed by atoms with Gasteiger partial charge in [-0.15, -0.1) is 0 Å². The van der Waals surface area contributed by atoms with Gasteiger partial charge in [0.25, 0.3) is 0 Å². The molecule has 3 aromatic rings. The molecule has 0 atom stereocenters. The van der Waals surface area contributed by atoms with Crippen LogP contribution in [-0.4, -0.2) is 40.7 Å². The van der Waals surface area contributed by atoms with E-state index < -0.39 is 0 Å². The van der Waals surface area contributed by atoms with E-state index in [1.54, 1.807) is 13.8 Å². The third-order valence-corrected chi connectivity index (χ3v) is 6.41. The summed E-state index contributed by atoms with van der Waals surface area (Å²) in [7, 11) is 0. The van der Waals surface area contributed by atoms with Gasteiger partial charge in [-0.1, -0.05) is 6.92 Å². The van der Waals surface area contributed by atoms with Crippen molar-refractivity contribution in [1.82, 2.24) is 9.47 Å². The number of benzene rings is 2. The van der Waals surface area contributed by atoms with Gasteiger partial charge in [-0.2, -0.15) is 0 Å². The van der Waals surface area contributed by atoms with Gasteiger partial charge in [0, 0.05) is 39.5 Å². The molecule has 0 N–H and O–H groups in total. The molecule has 0 spiro atoms. The highest BCUT2D eigenvalue weighted by molar-refractivity contribution is 6.12. The van der Waals surface area contributed by atoms with Crippen molar-refractivity contribution < 1.29 is 9.59 Å². The van der Waals surface area contributed by atoms with Crippen LogP contribution in [-0.2, 0) is 6.54 Å². The van der Waals surface area contributed by atoms with Crippen LogP contribution in [0.1, 0.15) is 60.7 Å². The molecule has 0 saturated carbocycles. The number of hydrogen-bond acceptors (Lipinski definition) is 3. The lowest BCUT2D eigenvalue weighted by Gasteiger charge is -2.30. The fourth-order valence-electron chi connectivity index (χ4n) is 4.52. The second-order valence-corrected chi connectivity index (χ2v) is 8.61. The first-order valence-corrected chi connectivity index (χ1v) is 10.7. The van der Waals surface area contributed by atoms with Crippen LogP contribution in [0.3, 0.4) is 0 Å². The van der Waals surface area contributed by atoms with Gasteiger partial charge < -0.3 is 9.47 Å². The first kappa shape index (κ1) is 19.8. The summed E-state index contributed by atoms with van der Waals surface area (Å²) in [5.41, 5.74) is 3.70. The molecule has 1 saturated heterocycles. The largest absolute Gasteiger partial charge is 0.340 e. The zero-order valence-corrected chi connectivity index (χ0v) is 17.7. The summed E-state index contributed by atoms with van der Waals surface area (Å²) in [4.78, 5) is 26.4. The summed E-state index contributed by atoms with van der Waals surface area (Å²) >= 11 is 0. The van der Waals surface area contributed by atoms with Crippen molar-refractivity contribution >= 4 is 33.4 Å². The minimum atomic E-state index is 0.0647. The monoisotopic (exact) mass is 390 g/mol. The molecule has 0 amide bonds. The Kier molecular flexibility index (Phi) is 5.55. The van der Waals surface area contributed by atoms with E-state index in [4.69, 9.17) is 0 Å². The number of aromatic nitrogens is 1. The van der Waals surface area contributed by atoms with Crippen molar-refractivity contribution in [2.45, 2.75) is 46.6 Å². The number of nitrogens with zero attached hydrogens (tertiary/aromatic N) is 2. The average molecular weight is 391 g/mol. The van der Waals surface area contributed by atoms with Crippen LogP contribution < -0.4 is 0 Å². The molecule has 152 valence electrons. The summed E-state index contributed by atoms with van der Waals surface area (Å²) in [6.45, 7) is 10.0. The maximum atomic E-state index is 11.9. The minimum Gasteiger partial charge on any atom is -0.340 e. The molecular formula is C25H30N2O2. The van der Waals surface area contributed by atoms with E-state index in [9.17, 15) is 9.59 Å². The Bertz CT molecular complexity index is 1000. The van der Waals surface area contributed by atoms with Gasteiger partial charge in [-0.05, 0) is 95.1 Å². The Labute approximate surface area is 172 Å². The van der Waals surface area contributed by atoms with Gasteiger partial charge in [0.1, 0.15) is 0 Å². The fraction of sp³-hybridized carbons (Fsp3) is 0.440. The highest BCUT2D eigenvalue weighted by Gasteiger charge is 2.17. The zero-order chi connectivity index (χ0) is 20.5. The lowest BCUT2D eigenvalue weighted by Crippen LogP contribution is -2.33. The Morgan fingerprint density at radius 2 is 1.38 bits per heavy atom. The minimum absolute atomic E-state index is 0.0647.